The lowest BCUT2D eigenvalue weighted by Gasteiger charge is -2.42. The summed E-state index contributed by atoms with van der Waals surface area (Å²) in [6.07, 6.45) is 4.03. The van der Waals surface area contributed by atoms with Gasteiger partial charge >= 0.3 is 6.03 Å². The number of hydrogen-bond donors (Lipinski definition) is 0. The van der Waals surface area contributed by atoms with Crippen LogP contribution in [-0.4, -0.2) is 77.2 Å². The lowest BCUT2D eigenvalue weighted by Crippen LogP contribution is -2.55. The highest BCUT2D eigenvalue weighted by Gasteiger charge is 2.41. The third-order valence-corrected chi connectivity index (χ3v) is 5.25. The Bertz CT molecular complexity index is 547. The van der Waals surface area contributed by atoms with Gasteiger partial charge in [-0.15, -0.1) is 0 Å². The van der Waals surface area contributed by atoms with E-state index in [4.69, 9.17) is 4.74 Å². The summed E-state index contributed by atoms with van der Waals surface area (Å²) in [5.74, 6) is 0. The monoisotopic (exact) mass is 316 g/mol. The van der Waals surface area contributed by atoms with Crippen LogP contribution in [0.3, 0.4) is 0 Å². The predicted octanol–water partition coefficient (Wildman–Crippen LogP) is 1.18. The number of fused-ring (bicyclic) bond motifs is 1. The average Bonchev–Trinajstić information content (AvgIpc) is 2.92. The molecule has 1 aromatic heterocycles. The van der Waals surface area contributed by atoms with E-state index in [2.05, 4.69) is 14.8 Å². The van der Waals surface area contributed by atoms with Crippen LogP contribution in [0.2, 0.25) is 0 Å². The second kappa shape index (κ2) is 6.45. The van der Waals surface area contributed by atoms with Crippen molar-refractivity contribution in [1.29, 1.82) is 0 Å². The van der Waals surface area contributed by atoms with Crippen molar-refractivity contribution < 1.29 is 9.53 Å². The van der Waals surface area contributed by atoms with Gasteiger partial charge in [0.15, 0.2) is 0 Å². The fourth-order valence-electron chi connectivity index (χ4n) is 4.00. The normalized spacial score (nSPS) is 26.6. The molecule has 0 aliphatic carbocycles. The molecule has 0 radical (unpaired) electrons. The van der Waals surface area contributed by atoms with Crippen LogP contribution in [0.1, 0.15) is 18.5 Å². The van der Waals surface area contributed by atoms with E-state index in [9.17, 15) is 4.79 Å². The minimum Gasteiger partial charge on any atom is -0.381 e. The van der Waals surface area contributed by atoms with E-state index < -0.39 is 0 Å². The summed E-state index contributed by atoms with van der Waals surface area (Å²) in [6, 6.07) is 6.99. The van der Waals surface area contributed by atoms with Gasteiger partial charge in [0.2, 0.25) is 0 Å². The maximum absolute atomic E-state index is 12.6. The predicted molar refractivity (Wildman–Crippen MR) is 86.0 cm³/mol. The number of nitrogens with zero attached hydrogens (tertiary/aromatic N) is 4. The molecule has 6 nitrogen and oxygen atoms in total. The highest BCUT2D eigenvalue weighted by molar-refractivity contribution is 5.77. The zero-order chi connectivity index (χ0) is 15.6. The third kappa shape index (κ3) is 3.05. The Labute approximate surface area is 137 Å². The van der Waals surface area contributed by atoms with E-state index in [0.717, 1.165) is 57.9 Å². The zero-order valence-corrected chi connectivity index (χ0v) is 13.4. The summed E-state index contributed by atoms with van der Waals surface area (Å²) in [6.45, 7) is 6.01. The van der Waals surface area contributed by atoms with Crippen molar-refractivity contribution in [2.75, 3.05) is 39.4 Å². The topological polar surface area (TPSA) is 48.9 Å². The number of rotatable bonds is 3. The Morgan fingerprint density at radius 1 is 1.13 bits per heavy atom. The average molecular weight is 316 g/mol. The van der Waals surface area contributed by atoms with E-state index in [-0.39, 0.29) is 6.03 Å². The van der Waals surface area contributed by atoms with Gasteiger partial charge in [0.1, 0.15) is 0 Å². The van der Waals surface area contributed by atoms with Crippen molar-refractivity contribution in [2.45, 2.75) is 31.5 Å². The summed E-state index contributed by atoms with van der Waals surface area (Å²) in [5, 5.41) is 0. The summed E-state index contributed by atoms with van der Waals surface area (Å²) < 4.78 is 5.47. The van der Waals surface area contributed by atoms with Gasteiger partial charge in [-0.3, -0.25) is 9.88 Å². The van der Waals surface area contributed by atoms with E-state index in [1.165, 1.54) is 0 Å². The molecule has 23 heavy (non-hydrogen) atoms. The Morgan fingerprint density at radius 2 is 2.00 bits per heavy atom. The molecule has 0 N–H and O–H groups in total. The van der Waals surface area contributed by atoms with Crippen molar-refractivity contribution in [3.63, 3.8) is 0 Å². The molecule has 6 heteroatoms. The molecule has 2 amide bonds. The van der Waals surface area contributed by atoms with Crippen molar-refractivity contribution in [1.82, 2.24) is 19.7 Å². The minimum absolute atomic E-state index is 0.173. The Morgan fingerprint density at radius 3 is 2.78 bits per heavy atom. The first kappa shape index (κ1) is 14.9. The molecule has 0 spiro atoms. The van der Waals surface area contributed by atoms with Gasteiger partial charge in [-0.2, -0.15) is 0 Å². The van der Waals surface area contributed by atoms with Gasteiger partial charge in [-0.05, 0) is 25.0 Å². The number of hydrogen-bond acceptors (Lipinski definition) is 4. The zero-order valence-electron chi connectivity index (χ0n) is 13.4. The molecular weight excluding hydrogens is 292 g/mol. The maximum Gasteiger partial charge on any atom is 0.320 e. The van der Waals surface area contributed by atoms with Gasteiger partial charge in [-0.25, -0.2) is 4.79 Å². The Kier molecular flexibility index (Phi) is 4.18. The summed E-state index contributed by atoms with van der Waals surface area (Å²) in [4.78, 5) is 23.5. The number of pyridine rings is 1. The first-order chi connectivity index (χ1) is 11.3. The smallest absolute Gasteiger partial charge is 0.320 e. The number of piperazine rings is 1. The van der Waals surface area contributed by atoms with Crippen LogP contribution in [0.15, 0.2) is 24.4 Å². The molecule has 3 aliphatic rings. The molecule has 0 saturated carbocycles. The van der Waals surface area contributed by atoms with E-state index in [0.29, 0.717) is 18.6 Å². The lowest BCUT2D eigenvalue weighted by molar-refractivity contribution is 0.0109. The first-order valence-electron chi connectivity index (χ1n) is 8.58. The number of aromatic nitrogens is 1. The molecular formula is C17H24N4O2. The number of carbonyl (C=O) groups excluding carboxylic acids is 1. The van der Waals surface area contributed by atoms with E-state index in [1.807, 2.05) is 23.1 Å². The number of carbonyl (C=O) groups is 1. The van der Waals surface area contributed by atoms with Crippen LogP contribution < -0.4 is 0 Å². The molecule has 1 atom stereocenters. The fourth-order valence-corrected chi connectivity index (χ4v) is 4.00. The molecule has 0 unspecified atom stereocenters. The lowest BCUT2D eigenvalue weighted by atomic mass is 10.0. The molecule has 3 aliphatic heterocycles. The quantitative estimate of drug-likeness (QED) is 0.840. The van der Waals surface area contributed by atoms with Gasteiger partial charge in [0.05, 0.1) is 18.3 Å². The standard InChI is InChI=1S/C17H24N4O2/c22-17-20(11-14-3-1-2-6-18-14)13-16-12-19(7-8-21(16)17)15-4-9-23-10-5-15/h1-3,6,15-16H,4-5,7-13H2/t16-/m1/s1. The largest absolute Gasteiger partial charge is 0.381 e. The molecule has 0 bridgehead atoms. The van der Waals surface area contributed by atoms with Gasteiger partial charge in [0.25, 0.3) is 0 Å². The van der Waals surface area contributed by atoms with Crippen LogP contribution in [0.25, 0.3) is 0 Å². The molecule has 3 fully saturated rings. The molecule has 4 rings (SSSR count). The Hall–Kier alpha value is -1.66. The third-order valence-electron chi connectivity index (χ3n) is 5.25. The molecule has 3 saturated heterocycles. The highest BCUT2D eigenvalue weighted by Crippen LogP contribution is 2.25. The number of urea groups is 1. The first-order valence-corrected chi connectivity index (χ1v) is 8.58. The van der Waals surface area contributed by atoms with Crippen LogP contribution in [0.4, 0.5) is 4.79 Å². The van der Waals surface area contributed by atoms with Gasteiger partial charge < -0.3 is 14.5 Å². The SMILES string of the molecule is O=C1N(Cc2ccccn2)C[C@H]2CN(C3CCOCC3)CCN12. The summed E-state index contributed by atoms with van der Waals surface area (Å²) >= 11 is 0. The van der Waals surface area contributed by atoms with E-state index in [1.54, 1.807) is 6.20 Å². The Balaban J connectivity index is 1.39. The highest BCUT2D eigenvalue weighted by atomic mass is 16.5. The van der Waals surface area contributed by atoms with Gasteiger partial charge in [0, 0.05) is 51.6 Å². The van der Waals surface area contributed by atoms with Crippen molar-refractivity contribution in [3.05, 3.63) is 30.1 Å². The molecule has 0 aromatic carbocycles. The summed E-state index contributed by atoms with van der Waals surface area (Å²) in [7, 11) is 0. The van der Waals surface area contributed by atoms with Crippen molar-refractivity contribution >= 4 is 6.03 Å². The summed E-state index contributed by atoms with van der Waals surface area (Å²) in [5.41, 5.74) is 0.960. The fraction of sp³-hybridized carbons (Fsp3) is 0.647. The van der Waals surface area contributed by atoms with Gasteiger partial charge in [-0.1, -0.05) is 6.07 Å². The van der Waals surface area contributed by atoms with Crippen LogP contribution in [0, 0.1) is 0 Å². The van der Waals surface area contributed by atoms with Crippen LogP contribution >= 0.6 is 0 Å². The van der Waals surface area contributed by atoms with Crippen molar-refractivity contribution in [2.24, 2.45) is 0 Å². The van der Waals surface area contributed by atoms with Crippen LogP contribution in [0.5, 0.6) is 0 Å². The van der Waals surface area contributed by atoms with Crippen molar-refractivity contribution in [3.8, 4) is 0 Å². The number of ether oxygens (including phenoxy) is 1. The molecule has 1 aromatic rings. The number of amides is 2. The maximum atomic E-state index is 12.6. The van der Waals surface area contributed by atoms with Crippen LogP contribution in [-0.2, 0) is 11.3 Å². The van der Waals surface area contributed by atoms with E-state index >= 15 is 0 Å². The minimum atomic E-state index is 0.173. The second-order valence-electron chi connectivity index (χ2n) is 6.67. The molecule has 124 valence electrons. The second-order valence-corrected chi connectivity index (χ2v) is 6.67. The molecule has 4 heterocycles.